The quantitative estimate of drug-likeness (QED) is 0.265. The van der Waals surface area contributed by atoms with E-state index in [1.807, 2.05) is 5.32 Å². The van der Waals surface area contributed by atoms with E-state index in [9.17, 15) is 32.9 Å². The average molecular weight is 394 g/mol. The molecule has 2 rings (SSSR count). The van der Waals surface area contributed by atoms with E-state index in [1.54, 1.807) is 0 Å². The number of anilines is 1. The Balaban J connectivity index is 1.95. The van der Waals surface area contributed by atoms with Crippen molar-refractivity contribution in [2.75, 3.05) is 5.32 Å². The van der Waals surface area contributed by atoms with Gasteiger partial charge in [-0.25, -0.2) is 18.0 Å². The number of halogens is 3. The van der Waals surface area contributed by atoms with E-state index in [1.165, 1.54) is 37.3 Å². The molecule has 1 N–H and O–H groups in total. The molecule has 0 saturated heterocycles. The first-order valence-electron chi connectivity index (χ1n) is 7.76. The summed E-state index contributed by atoms with van der Waals surface area (Å²) in [5.41, 5.74) is -0.244. The van der Waals surface area contributed by atoms with Gasteiger partial charge in [0, 0.05) is 18.2 Å². The maximum absolute atomic E-state index is 13.5. The van der Waals surface area contributed by atoms with Crippen molar-refractivity contribution in [2.45, 2.75) is 13.0 Å². The molecule has 0 radical (unpaired) electrons. The number of esters is 1. The van der Waals surface area contributed by atoms with Crippen LogP contribution in [0.15, 0.2) is 42.5 Å². The second kappa shape index (κ2) is 8.80. The van der Waals surface area contributed by atoms with E-state index in [0.29, 0.717) is 11.6 Å². The minimum Gasteiger partial charge on any atom is -0.449 e. The Kier molecular flexibility index (Phi) is 6.48. The van der Waals surface area contributed by atoms with Crippen LogP contribution in [0.3, 0.4) is 0 Å². The predicted octanol–water partition coefficient (Wildman–Crippen LogP) is 3.60. The summed E-state index contributed by atoms with van der Waals surface area (Å²) < 4.78 is 44.4. The fourth-order valence-corrected chi connectivity index (χ4v) is 2.00. The van der Waals surface area contributed by atoms with Crippen molar-refractivity contribution in [1.82, 2.24) is 0 Å². The molecule has 1 amide bonds. The molecule has 0 aliphatic rings. The summed E-state index contributed by atoms with van der Waals surface area (Å²) in [7, 11) is 0. The minimum absolute atomic E-state index is 0.116. The fraction of sp³-hybridized carbons (Fsp3) is 0.111. The average Bonchev–Trinajstić information content (AvgIpc) is 2.67. The first-order valence-corrected chi connectivity index (χ1v) is 7.76. The Morgan fingerprint density at radius 2 is 1.75 bits per heavy atom. The SMILES string of the molecule is C[C@@H](OC(=O)/C=C/c1ccc([N+](=O)[O-])cc1)C(=O)Nc1ccc(F)c(F)c1F. The largest absolute Gasteiger partial charge is 0.449 e. The lowest BCUT2D eigenvalue weighted by molar-refractivity contribution is -0.384. The van der Waals surface area contributed by atoms with Gasteiger partial charge in [-0.05, 0) is 42.8 Å². The van der Waals surface area contributed by atoms with Gasteiger partial charge in [0.1, 0.15) is 0 Å². The van der Waals surface area contributed by atoms with Gasteiger partial charge in [0.25, 0.3) is 11.6 Å². The Morgan fingerprint density at radius 1 is 1.11 bits per heavy atom. The maximum Gasteiger partial charge on any atom is 0.331 e. The van der Waals surface area contributed by atoms with Gasteiger partial charge in [-0.15, -0.1) is 0 Å². The number of nitrogens with zero attached hydrogens (tertiary/aromatic N) is 1. The Labute approximate surface area is 156 Å². The first-order chi connectivity index (χ1) is 13.2. The molecule has 0 bridgehead atoms. The third kappa shape index (κ3) is 5.16. The summed E-state index contributed by atoms with van der Waals surface area (Å²) in [5.74, 6) is -6.60. The van der Waals surface area contributed by atoms with Crippen LogP contribution in [-0.4, -0.2) is 22.9 Å². The number of amides is 1. The molecule has 28 heavy (non-hydrogen) atoms. The molecule has 0 heterocycles. The highest BCUT2D eigenvalue weighted by atomic mass is 19.2. The number of non-ortho nitro benzene ring substituents is 1. The van der Waals surface area contributed by atoms with Crippen molar-refractivity contribution < 1.29 is 32.4 Å². The van der Waals surface area contributed by atoms with Crippen molar-refractivity contribution in [3.8, 4) is 0 Å². The van der Waals surface area contributed by atoms with Crippen LogP contribution in [0.2, 0.25) is 0 Å². The topological polar surface area (TPSA) is 98.5 Å². The van der Waals surface area contributed by atoms with Crippen LogP contribution < -0.4 is 5.32 Å². The first kappa shape index (κ1) is 20.6. The fourth-order valence-electron chi connectivity index (χ4n) is 2.00. The second-order valence-electron chi connectivity index (χ2n) is 5.47. The summed E-state index contributed by atoms with van der Waals surface area (Å²) in [5, 5.41) is 12.6. The lowest BCUT2D eigenvalue weighted by Gasteiger charge is -2.13. The van der Waals surface area contributed by atoms with Gasteiger partial charge >= 0.3 is 5.97 Å². The Bertz CT molecular complexity index is 945. The van der Waals surface area contributed by atoms with Gasteiger partial charge in [0.2, 0.25) is 0 Å². The number of nitrogens with one attached hydrogen (secondary N) is 1. The number of nitro benzene ring substituents is 1. The number of nitro groups is 1. The van der Waals surface area contributed by atoms with Crippen LogP contribution in [0.1, 0.15) is 12.5 Å². The van der Waals surface area contributed by atoms with Crippen LogP contribution in [-0.2, 0) is 14.3 Å². The molecule has 0 aliphatic heterocycles. The molecule has 0 fully saturated rings. The number of carbonyl (C=O) groups is 2. The van der Waals surface area contributed by atoms with Gasteiger partial charge in [0.05, 0.1) is 10.6 Å². The molecule has 0 aliphatic carbocycles. The summed E-state index contributed by atoms with van der Waals surface area (Å²) >= 11 is 0. The van der Waals surface area contributed by atoms with Gasteiger partial charge < -0.3 is 10.1 Å². The number of carbonyl (C=O) groups excluding carboxylic acids is 2. The zero-order valence-electron chi connectivity index (χ0n) is 14.3. The van der Waals surface area contributed by atoms with Crippen LogP contribution >= 0.6 is 0 Å². The molecular formula is C18H13F3N2O5. The summed E-state index contributed by atoms with van der Waals surface area (Å²) in [6.45, 7) is 1.20. The van der Waals surface area contributed by atoms with E-state index in [-0.39, 0.29) is 5.69 Å². The van der Waals surface area contributed by atoms with Crippen molar-refractivity contribution in [1.29, 1.82) is 0 Å². The molecule has 146 valence electrons. The maximum atomic E-state index is 13.5. The van der Waals surface area contributed by atoms with Crippen LogP contribution in [0.4, 0.5) is 24.5 Å². The van der Waals surface area contributed by atoms with E-state index in [2.05, 4.69) is 0 Å². The standard InChI is InChI=1S/C18H13F3N2O5/c1-10(18(25)22-14-8-7-13(19)16(20)17(14)21)28-15(24)9-4-11-2-5-12(6-3-11)23(26)27/h2-10H,1H3,(H,22,25)/b9-4+/t10-/m1/s1. The number of rotatable bonds is 6. The van der Waals surface area contributed by atoms with Crippen molar-refractivity contribution in [3.63, 3.8) is 0 Å². The summed E-state index contributed by atoms with van der Waals surface area (Å²) in [4.78, 5) is 33.6. The van der Waals surface area contributed by atoms with Gasteiger partial charge in [0.15, 0.2) is 23.6 Å². The predicted molar refractivity (Wildman–Crippen MR) is 92.6 cm³/mol. The zero-order chi connectivity index (χ0) is 20.8. The van der Waals surface area contributed by atoms with Crippen molar-refractivity contribution in [2.24, 2.45) is 0 Å². The second-order valence-corrected chi connectivity index (χ2v) is 5.47. The Hall–Kier alpha value is -3.69. The Morgan fingerprint density at radius 3 is 2.36 bits per heavy atom. The molecular weight excluding hydrogens is 381 g/mol. The van der Waals surface area contributed by atoms with Gasteiger partial charge in [-0.1, -0.05) is 0 Å². The molecule has 0 saturated carbocycles. The molecule has 0 aromatic heterocycles. The van der Waals surface area contributed by atoms with Crippen LogP contribution in [0.5, 0.6) is 0 Å². The zero-order valence-corrected chi connectivity index (χ0v) is 14.3. The number of benzene rings is 2. The van der Waals surface area contributed by atoms with Crippen molar-refractivity contribution >= 4 is 29.3 Å². The molecule has 7 nitrogen and oxygen atoms in total. The third-order valence-corrected chi connectivity index (χ3v) is 3.47. The number of hydrogen-bond donors (Lipinski definition) is 1. The molecule has 10 heteroatoms. The lowest BCUT2D eigenvalue weighted by Crippen LogP contribution is -2.29. The molecule has 1 atom stereocenters. The van der Waals surface area contributed by atoms with E-state index in [0.717, 1.165) is 12.1 Å². The van der Waals surface area contributed by atoms with E-state index >= 15 is 0 Å². The normalized spacial score (nSPS) is 11.9. The highest BCUT2D eigenvalue weighted by Gasteiger charge is 2.20. The summed E-state index contributed by atoms with van der Waals surface area (Å²) in [6, 6.07) is 6.77. The smallest absolute Gasteiger partial charge is 0.331 e. The lowest BCUT2D eigenvalue weighted by atomic mass is 10.2. The highest BCUT2D eigenvalue weighted by Crippen LogP contribution is 2.20. The summed E-state index contributed by atoms with van der Waals surface area (Å²) in [6.07, 6.45) is 0.941. The number of hydrogen-bond acceptors (Lipinski definition) is 5. The van der Waals surface area contributed by atoms with Gasteiger partial charge in [-0.2, -0.15) is 0 Å². The third-order valence-electron chi connectivity index (χ3n) is 3.47. The van der Waals surface area contributed by atoms with Crippen LogP contribution in [0.25, 0.3) is 6.08 Å². The van der Waals surface area contributed by atoms with Crippen LogP contribution in [0, 0.1) is 27.6 Å². The molecule has 0 spiro atoms. The molecule has 2 aromatic carbocycles. The monoisotopic (exact) mass is 394 g/mol. The molecule has 0 unspecified atom stereocenters. The van der Waals surface area contributed by atoms with Gasteiger partial charge in [-0.3, -0.25) is 14.9 Å². The minimum atomic E-state index is -1.74. The van der Waals surface area contributed by atoms with E-state index < -0.39 is 46.0 Å². The highest BCUT2D eigenvalue weighted by molar-refractivity contribution is 5.96. The molecule has 2 aromatic rings. The van der Waals surface area contributed by atoms with E-state index in [4.69, 9.17) is 4.74 Å². The number of ether oxygens (including phenoxy) is 1. The van der Waals surface area contributed by atoms with Crippen molar-refractivity contribution in [3.05, 3.63) is 75.6 Å².